The average molecular weight is 420 g/mol. The van der Waals surface area contributed by atoms with E-state index in [1.54, 1.807) is 6.20 Å². The van der Waals surface area contributed by atoms with Gasteiger partial charge in [-0.25, -0.2) is 4.98 Å². The van der Waals surface area contributed by atoms with E-state index in [0.29, 0.717) is 0 Å². The molecule has 0 saturated carbocycles. The Bertz CT molecular complexity index is 788. The molecule has 3 nitrogen and oxygen atoms in total. The summed E-state index contributed by atoms with van der Waals surface area (Å²) in [5, 5.41) is 0.760. The van der Waals surface area contributed by atoms with E-state index in [-0.39, 0.29) is 5.60 Å². The van der Waals surface area contributed by atoms with E-state index in [1.165, 1.54) is 5.56 Å². The second-order valence-electron chi connectivity index (χ2n) is 6.37. The predicted octanol–water partition coefficient (Wildman–Crippen LogP) is 5.77. The summed E-state index contributed by atoms with van der Waals surface area (Å²) in [5.41, 5.74) is 0.898. The van der Waals surface area contributed by atoms with Gasteiger partial charge in [-0.05, 0) is 61.7 Å². The Hall–Kier alpha value is -1.78. The van der Waals surface area contributed by atoms with E-state index in [1.807, 2.05) is 48.9 Å². The minimum absolute atomic E-state index is 0.353. The summed E-state index contributed by atoms with van der Waals surface area (Å²) < 4.78 is 9.48. The summed E-state index contributed by atoms with van der Waals surface area (Å²) in [6.45, 7) is 2.88. The molecule has 0 amide bonds. The van der Waals surface area contributed by atoms with Gasteiger partial charge in [0, 0.05) is 21.9 Å². The highest BCUT2D eigenvalue weighted by Crippen LogP contribution is 2.26. The lowest BCUT2D eigenvalue weighted by Crippen LogP contribution is -2.37. The van der Waals surface area contributed by atoms with Gasteiger partial charge in [0.1, 0.15) is 11.4 Å². The smallest absolute Gasteiger partial charge is 0.124 e. The lowest BCUT2D eigenvalue weighted by atomic mass is 9.96. The minimum Gasteiger partial charge on any atom is -0.486 e. The van der Waals surface area contributed by atoms with Crippen molar-refractivity contribution >= 4 is 27.5 Å². The molecule has 1 unspecified atom stereocenters. The Morgan fingerprint density at radius 2 is 1.84 bits per heavy atom. The average Bonchev–Trinajstić information content (AvgIpc) is 3.09. The molecule has 3 aromatic rings. The fraction of sp³-hybridized carbons (Fsp3) is 0.250. The van der Waals surface area contributed by atoms with Crippen LogP contribution in [-0.4, -0.2) is 15.2 Å². The molecule has 0 radical (unpaired) electrons. The highest BCUT2D eigenvalue weighted by atomic mass is 79.9. The van der Waals surface area contributed by atoms with Gasteiger partial charge < -0.3 is 9.30 Å². The first kappa shape index (κ1) is 18.0. The van der Waals surface area contributed by atoms with Gasteiger partial charge in [0.2, 0.25) is 0 Å². The standard InChI is InChI=1S/C20H20BrClN2O/c1-20(14-24-13-12-23-15-24,25-19-8-4-17(21)5-9-19)11-10-16-2-6-18(22)7-3-16/h2-9,12-13,15H,10-11,14H2,1H3. The van der Waals surface area contributed by atoms with Gasteiger partial charge in [-0.2, -0.15) is 0 Å². The Morgan fingerprint density at radius 1 is 1.12 bits per heavy atom. The van der Waals surface area contributed by atoms with E-state index < -0.39 is 0 Å². The van der Waals surface area contributed by atoms with Crippen LogP contribution in [0.1, 0.15) is 18.9 Å². The van der Waals surface area contributed by atoms with Gasteiger partial charge in [-0.15, -0.1) is 0 Å². The van der Waals surface area contributed by atoms with Crippen molar-refractivity contribution in [1.29, 1.82) is 0 Å². The number of benzene rings is 2. The van der Waals surface area contributed by atoms with E-state index in [9.17, 15) is 0 Å². The Morgan fingerprint density at radius 3 is 2.48 bits per heavy atom. The predicted molar refractivity (Wildman–Crippen MR) is 105 cm³/mol. The number of aromatic nitrogens is 2. The SMILES string of the molecule is CC(CCc1ccc(Cl)cc1)(Cn1ccnc1)Oc1ccc(Br)cc1. The lowest BCUT2D eigenvalue weighted by Gasteiger charge is -2.31. The summed E-state index contributed by atoms with van der Waals surface area (Å²) in [6, 6.07) is 16.0. The molecule has 3 rings (SSSR count). The molecular weight excluding hydrogens is 400 g/mol. The highest BCUT2D eigenvalue weighted by Gasteiger charge is 2.27. The zero-order valence-electron chi connectivity index (χ0n) is 14.0. The molecule has 0 aliphatic rings. The molecule has 25 heavy (non-hydrogen) atoms. The minimum atomic E-state index is -0.353. The number of hydrogen-bond donors (Lipinski definition) is 0. The topological polar surface area (TPSA) is 27.1 Å². The number of imidazole rings is 1. The maximum absolute atomic E-state index is 6.38. The number of aryl methyl sites for hydroxylation is 1. The zero-order chi connectivity index (χ0) is 17.7. The van der Waals surface area contributed by atoms with Gasteiger partial charge in [-0.3, -0.25) is 0 Å². The first-order valence-electron chi connectivity index (χ1n) is 8.17. The Kier molecular flexibility index (Phi) is 5.82. The van der Waals surface area contributed by atoms with Crippen molar-refractivity contribution < 1.29 is 4.74 Å². The maximum Gasteiger partial charge on any atom is 0.124 e. The van der Waals surface area contributed by atoms with E-state index in [4.69, 9.17) is 16.3 Å². The number of rotatable bonds is 7. The van der Waals surface area contributed by atoms with Gasteiger partial charge in [0.15, 0.2) is 0 Å². The van der Waals surface area contributed by atoms with Crippen LogP contribution in [0.5, 0.6) is 5.75 Å². The first-order valence-corrected chi connectivity index (χ1v) is 9.34. The quantitative estimate of drug-likeness (QED) is 0.486. The molecule has 0 bridgehead atoms. The summed E-state index contributed by atoms with van der Waals surface area (Å²) >= 11 is 9.44. The summed E-state index contributed by atoms with van der Waals surface area (Å²) in [6.07, 6.45) is 7.37. The second kappa shape index (κ2) is 8.07. The van der Waals surface area contributed by atoms with Crippen LogP contribution in [0.25, 0.3) is 0 Å². The molecule has 1 heterocycles. The van der Waals surface area contributed by atoms with Crippen LogP contribution in [0.4, 0.5) is 0 Å². The van der Waals surface area contributed by atoms with Crippen LogP contribution in [-0.2, 0) is 13.0 Å². The van der Waals surface area contributed by atoms with Crippen molar-refractivity contribution in [3.05, 3.63) is 82.3 Å². The van der Waals surface area contributed by atoms with Gasteiger partial charge in [0.05, 0.1) is 12.9 Å². The molecule has 2 aromatic carbocycles. The highest BCUT2D eigenvalue weighted by molar-refractivity contribution is 9.10. The van der Waals surface area contributed by atoms with Crippen LogP contribution in [0.2, 0.25) is 5.02 Å². The van der Waals surface area contributed by atoms with E-state index in [0.717, 1.165) is 34.6 Å². The fourth-order valence-electron chi connectivity index (χ4n) is 2.78. The zero-order valence-corrected chi connectivity index (χ0v) is 16.4. The Balaban J connectivity index is 1.75. The molecule has 0 spiro atoms. The third kappa shape index (κ3) is 5.35. The molecule has 1 atom stereocenters. The van der Waals surface area contributed by atoms with Crippen molar-refractivity contribution in [2.75, 3.05) is 0 Å². The molecule has 0 fully saturated rings. The van der Waals surface area contributed by atoms with Crippen LogP contribution in [0.15, 0.2) is 71.7 Å². The molecule has 5 heteroatoms. The summed E-state index contributed by atoms with van der Waals surface area (Å²) in [5.74, 6) is 0.863. The molecule has 0 saturated heterocycles. The van der Waals surface area contributed by atoms with E-state index in [2.05, 4.69) is 44.5 Å². The molecule has 130 valence electrons. The lowest BCUT2D eigenvalue weighted by molar-refractivity contribution is 0.0605. The van der Waals surface area contributed by atoms with Gasteiger partial charge in [0.25, 0.3) is 0 Å². The normalized spacial score (nSPS) is 13.4. The maximum atomic E-state index is 6.38. The fourth-order valence-corrected chi connectivity index (χ4v) is 3.17. The molecule has 0 aliphatic heterocycles. The van der Waals surface area contributed by atoms with Crippen molar-refractivity contribution in [3.8, 4) is 5.75 Å². The summed E-state index contributed by atoms with van der Waals surface area (Å²) in [7, 11) is 0. The van der Waals surface area contributed by atoms with Crippen molar-refractivity contribution in [2.24, 2.45) is 0 Å². The first-order chi connectivity index (χ1) is 12.0. The monoisotopic (exact) mass is 418 g/mol. The van der Waals surface area contributed by atoms with Crippen LogP contribution in [0, 0.1) is 0 Å². The molecular formula is C20H20BrClN2O. The summed E-state index contributed by atoms with van der Waals surface area (Å²) in [4.78, 5) is 4.14. The van der Waals surface area contributed by atoms with Gasteiger partial charge in [-0.1, -0.05) is 39.7 Å². The van der Waals surface area contributed by atoms with E-state index >= 15 is 0 Å². The number of nitrogens with zero attached hydrogens (tertiary/aromatic N) is 2. The molecule has 0 N–H and O–H groups in total. The largest absolute Gasteiger partial charge is 0.486 e. The third-order valence-corrected chi connectivity index (χ3v) is 4.89. The van der Waals surface area contributed by atoms with Crippen LogP contribution in [0.3, 0.4) is 0 Å². The number of ether oxygens (including phenoxy) is 1. The number of halogens is 2. The van der Waals surface area contributed by atoms with Crippen LogP contribution >= 0.6 is 27.5 Å². The van der Waals surface area contributed by atoms with Crippen molar-refractivity contribution in [3.63, 3.8) is 0 Å². The molecule has 0 aliphatic carbocycles. The van der Waals surface area contributed by atoms with Gasteiger partial charge >= 0.3 is 0 Å². The second-order valence-corrected chi connectivity index (χ2v) is 7.72. The molecule has 1 aromatic heterocycles. The Labute approximate surface area is 161 Å². The van der Waals surface area contributed by atoms with Crippen molar-refractivity contribution in [1.82, 2.24) is 9.55 Å². The number of hydrogen-bond acceptors (Lipinski definition) is 2. The van der Waals surface area contributed by atoms with Crippen LogP contribution < -0.4 is 4.74 Å². The van der Waals surface area contributed by atoms with Crippen molar-refractivity contribution in [2.45, 2.75) is 31.9 Å². The third-order valence-electron chi connectivity index (χ3n) is 4.11.